The van der Waals surface area contributed by atoms with Crippen molar-refractivity contribution in [3.8, 4) is 0 Å². The zero-order chi connectivity index (χ0) is 17.3. The molecule has 122 valence electrons. The van der Waals surface area contributed by atoms with E-state index in [0.717, 1.165) is 28.1 Å². The van der Waals surface area contributed by atoms with E-state index in [2.05, 4.69) is 0 Å². The molecule has 0 unspecified atom stereocenters. The Morgan fingerprint density at radius 2 is 1.57 bits per heavy atom. The maximum atomic E-state index is 12.3. The van der Waals surface area contributed by atoms with E-state index >= 15 is 0 Å². The van der Waals surface area contributed by atoms with Crippen LogP contribution in [0.2, 0.25) is 0 Å². The maximum absolute atomic E-state index is 12.3. The molecule has 1 aromatic heterocycles. The van der Waals surface area contributed by atoms with Crippen molar-refractivity contribution in [2.45, 2.75) is 34.6 Å². The van der Waals surface area contributed by atoms with Crippen LogP contribution in [0.1, 0.15) is 48.8 Å². The van der Waals surface area contributed by atoms with Crippen LogP contribution in [0.25, 0.3) is 0 Å². The van der Waals surface area contributed by atoms with Crippen molar-refractivity contribution in [2.75, 3.05) is 6.61 Å². The molecule has 2 rings (SSSR count). The number of aromatic nitrogens is 1. The van der Waals surface area contributed by atoms with Crippen molar-refractivity contribution in [1.29, 1.82) is 0 Å². The highest BCUT2D eigenvalue weighted by Crippen LogP contribution is 2.18. The molecule has 0 aliphatic carbocycles. The van der Waals surface area contributed by atoms with Gasteiger partial charge in [-0.1, -0.05) is 17.7 Å². The summed E-state index contributed by atoms with van der Waals surface area (Å²) in [5.74, 6) is -0.624. The normalized spacial score (nSPS) is 10.7. The van der Waals surface area contributed by atoms with Gasteiger partial charge in [-0.15, -0.1) is 0 Å². The van der Waals surface area contributed by atoms with E-state index in [9.17, 15) is 9.59 Å². The molecule has 0 saturated carbocycles. The molecule has 4 nitrogen and oxygen atoms in total. The van der Waals surface area contributed by atoms with Crippen LogP contribution in [0.15, 0.2) is 18.2 Å². The van der Waals surface area contributed by atoms with Crippen LogP contribution < -0.4 is 0 Å². The van der Waals surface area contributed by atoms with Crippen molar-refractivity contribution < 1.29 is 14.3 Å². The van der Waals surface area contributed by atoms with E-state index in [-0.39, 0.29) is 12.4 Å². The third-order valence-electron chi connectivity index (χ3n) is 4.29. The van der Waals surface area contributed by atoms with Gasteiger partial charge in [-0.2, -0.15) is 0 Å². The summed E-state index contributed by atoms with van der Waals surface area (Å²) in [6, 6.07) is 5.71. The number of carbonyl (C=O) groups excluding carboxylic acids is 2. The highest BCUT2D eigenvalue weighted by Gasteiger charge is 2.19. The first-order chi connectivity index (χ1) is 10.7. The predicted molar refractivity (Wildman–Crippen MR) is 90.2 cm³/mol. The number of aryl methyl sites for hydroxylation is 4. The summed E-state index contributed by atoms with van der Waals surface area (Å²) in [6.07, 6.45) is 0. The number of hydrogen-bond acceptors (Lipinski definition) is 3. The molecule has 0 N–H and O–H groups in total. The number of carbonyl (C=O) groups is 2. The summed E-state index contributed by atoms with van der Waals surface area (Å²) in [6.45, 7) is 9.33. The van der Waals surface area contributed by atoms with Crippen LogP contribution in [-0.4, -0.2) is 22.9 Å². The van der Waals surface area contributed by atoms with Gasteiger partial charge in [0.05, 0.1) is 5.56 Å². The molecule has 0 bridgehead atoms. The molecule has 0 amide bonds. The van der Waals surface area contributed by atoms with Crippen LogP contribution in [-0.2, 0) is 11.8 Å². The van der Waals surface area contributed by atoms with Gasteiger partial charge in [0.25, 0.3) is 0 Å². The number of ketones is 1. The van der Waals surface area contributed by atoms with Crippen molar-refractivity contribution >= 4 is 11.8 Å². The molecular weight excluding hydrogens is 290 g/mol. The van der Waals surface area contributed by atoms with Crippen LogP contribution in [0.3, 0.4) is 0 Å². The first-order valence-corrected chi connectivity index (χ1v) is 7.63. The Morgan fingerprint density at radius 1 is 1.00 bits per heavy atom. The Labute approximate surface area is 137 Å². The maximum Gasteiger partial charge on any atom is 0.339 e. The smallest absolute Gasteiger partial charge is 0.339 e. The van der Waals surface area contributed by atoms with Crippen molar-refractivity contribution in [1.82, 2.24) is 4.57 Å². The van der Waals surface area contributed by atoms with Gasteiger partial charge in [0, 0.05) is 24.0 Å². The lowest BCUT2D eigenvalue weighted by molar-refractivity contribution is 0.0473. The average molecular weight is 313 g/mol. The number of rotatable bonds is 4. The van der Waals surface area contributed by atoms with E-state index in [1.165, 1.54) is 0 Å². The lowest BCUT2D eigenvalue weighted by Gasteiger charge is -2.11. The molecular formula is C19H23NO3. The molecule has 0 fully saturated rings. The summed E-state index contributed by atoms with van der Waals surface area (Å²) in [5.41, 5.74) is 5.87. The Kier molecular flexibility index (Phi) is 4.73. The molecule has 1 aromatic carbocycles. The molecule has 0 spiro atoms. The second-order valence-electron chi connectivity index (χ2n) is 6.12. The summed E-state index contributed by atoms with van der Waals surface area (Å²) < 4.78 is 7.20. The van der Waals surface area contributed by atoms with Gasteiger partial charge < -0.3 is 9.30 Å². The highest BCUT2D eigenvalue weighted by atomic mass is 16.5. The SMILES string of the molecule is Cc1cc(C)c(C(=O)OCC(=O)c2cc(C)n(C)c2C)c(C)c1. The molecule has 0 aliphatic heterocycles. The van der Waals surface area contributed by atoms with Crippen LogP contribution in [0.5, 0.6) is 0 Å². The minimum atomic E-state index is -0.446. The zero-order valence-corrected chi connectivity index (χ0v) is 14.6. The Morgan fingerprint density at radius 3 is 2.04 bits per heavy atom. The van der Waals surface area contributed by atoms with Gasteiger partial charge in [0.2, 0.25) is 5.78 Å². The Bertz CT molecular complexity index is 761. The third-order valence-corrected chi connectivity index (χ3v) is 4.29. The van der Waals surface area contributed by atoms with Gasteiger partial charge in [-0.3, -0.25) is 4.79 Å². The largest absolute Gasteiger partial charge is 0.454 e. The van der Waals surface area contributed by atoms with E-state index in [4.69, 9.17) is 4.74 Å². The summed E-state index contributed by atoms with van der Waals surface area (Å²) in [7, 11) is 1.91. The number of Topliss-reactive ketones (excluding diaryl/α,β-unsaturated/α-hetero) is 1. The zero-order valence-electron chi connectivity index (χ0n) is 14.6. The van der Waals surface area contributed by atoms with Gasteiger partial charge in [-0.05, 0) is 51.8 Å². The number of benzene rings is 1. The first-order valence-electron chi connectivity index (χ1n) is 7.63. The van der Waals surface area contributed by atoms with Gasteiger partial charge in [0.1, 0.15) is 0 Å². The lowest BCUT2D eigenvalue weighted by atomic mass is 10.00. The topological polar surface area (TPSA) is 48.3 Å². The fourth-order valence-corrected chi connectivity index (χ4v) is 2.92. The Hall–Kier alpha value is -2.36. The van der Waals surface area contributed by atoms with Gasteiger partial charge in [0.15, 0.2) is 6.61 Å². The molecule has 2 aromatic rings. The number of esters is 1. The highest BCUT2D eigenvalue weighted by molar-refractivity contribution is 6.01. The molecule has 1 heterocycles. The summed E-state index contributed by atoms with van der Waals surface area (Å²) in [5, 5.41) is 0. The van der Waals surface area contributed by atoms with Gasteiger partial charge in [-0.25, -0.2) is 4.79 Å². The molecule has 0 saturated heterocycles. The second-order valence-corrected chi connectivity index (χ2v) is 6.12. The predicted octanol–water partition coefficient (Wildman–Crippen LogP) is 3.61. The standard InChI is InChI=1S/C19H23NO3/c1-11-7-12(2)18(13(3)8-11)19(22)23-10-17(21)16-9-14(4)20(6)15(16)5/h7-9H,10H2,1-6H3. The van der Waals surface area contributed by atoms with Crippen LogP contribution in [0.4, 0.5) is 0 Å². The number of ether oxygens (including phenoxy) is 1. The van der Waals surface area contributed by atoms with E-state index < -0.39 is 5.97 Å². The van der Waals surface area contributed by atoms with E-state index in [0.29, 0.717) is 11.1 Å². The second kappa shape index (κ2) is 6.41. The van der Waals surface area contributed by atoms with Crippen LogP contribution in [0, 0.1) is 34.6 Å². The monoisotopic (exact) mass is 313 g/mol. The fourth-order valence-electron chi connectivity index (χ4n) is 2.92. The van der Waals surface area contributed by atoms with Crippen molar-refractivity contribution in [3.05, 3.63) is 57.4 Å². The molecule has 0 radical (unpaired) electrons. The minimum Gasteiger partial charge on any atom is -0.454 e. The fraction of sp³-hybridized carbons (Fsp3) is 0.368. The molecule has 0 aliphatic rings. The summed E-state index contributed by atoms with van der Waals surface area (Å²) >= 11 is 0. The van der Waals surface area contributed by atoms with Crippen molar-refractivity contribution in [3.63, 3.8) is 0 Å². The minimum absolute atomic E-state index is 0.179. The van der Waals surface area contributed by atoms with E-state index in [1.54, 1.807) is 0 Å². The molecule has 23 heavy (non-hydrogen) atoms. The molecule has 4 heteroatoms. The van der Waals surface area contributed by atoms with E-state index in [1.807, 2.05) is 64.4 Å². The van der Waals surface area contributed by atoms with Crippen LogP contribution >= 0.6 is 0 Å². The molecule has 0 atom stereocenters. The lowest BCUT2D eigenvalue weighted by Crippen LogP contribution is -2.16. The average Bonchev–Trinajstić information content (AvgIpc) is 2.71. The first kappa shape index (κ1) is 17.0. The number of nitrogens with zero attached hydrogens (tertiary/aromatic N) is 1. The quantitative estimate of drug-likeness (QED) is 0.640. The third kappa shape index (κ3) is 3.36. The summed E-state index contributed by atoms with van der Waals surface area (Å²) in [4.78, 5) is 24.6. The Balaban J connectivity index is 2.13. The number of hydrogen-bond donors (Lipinski definition) is 0. The van der Waals surface area contributed by atoms with Gasteiger partial charge >= 0.3 is 5.97 Å². The van der Waals surface area contributed by atoms with Crippen molar-refractivity contribution in [2.24, 2.45) is 7.05 Å².